The van der Waals surface area contributed by atoms with Crippen LogP contribution in [0.5, 0.6) is 0 Å². The largest absolute Gasteiger partial charge is 0.397 e. The first-order valence-electron chi connectivity index (χ1n) is 8.55. The van der Waals surface area contributed by atoms with E-state index >= 15 is 0 Å². The first-order chi connectivity index (χ1) is 12.3. The van der Waals surface area contributed by atoms with Gasteiger partial charge in [0.1, 0.15) is 5.82 Å². The van der Waals surface area contributed by atoms with Crippen LogP contribution in [0.15, 0.2) is 36.8 Å². The van der Waals surface area contributed by atoms with Crippen LogP contribution in [0.1, 0.15) is 30.9 Å². The fourth-order valence-electron chi connectivity index (χ4n) is 3.92. The minimum atomic E-state index is 0.412. The predicted octanol–water partition coefficient (Wildman–Crippen LogP) is 3.16. The molecule has 0 saturated heterocycles. The number of nitrogens with zero attached hydrogens (tertiary/aromatic N) is 3. The third kappa shape index (κ3) is 2.39. The van der Waals surface area contributed by atoms with Crippen LogP contribution < -0.4 is 11.1 Å². The van der Waals surface area contributed by atoms with Gasteiger partial charge in [-0.2, -0.15) is 0 Å². The molecule has 7 nitrogen and oxygen atoms in total. The number of fused-ring (bicyclic) bond motifs is 3. The summed E-state index contributed by atoms with van der Waals surface area (Å²) in [4.78, 5) is 13.1. The lowest BCUT2D eigenvalue weighted by Crippen LogP contribution is -2.16. The van der Waals surface area contributed by atoms with Gasteiger partial charge in [0.25, 0.3) is 0 Å². The molecule has 0 spiro atoms. The SMILES string of the molecule is Nc1ccc(N[C@@H]2CC[C@@H](c3[nH][nH]c4cnc5nccc5c34)C2)nc1. The number of anilines is 2. The van der Waals surface area contributed by atoms with Gasteiger partial charge in [-0.3, -0.25) is 5.10 Å². The van der Waals surface area contributed by atoms with Crippen LogP contribution in [-0.2, 0) is 0 Å². The second kappa shape index (κ2) is 5.47. The van der Waals surface area contributed by atoms with Crippen molar-refractivity contribution in [3.63, 3.8) is 0 Å². The number of nitrogens with one attached hydrogen (secondary N) is 3. The summed E-state index contributed by atoms with van der Waals surface area (Å²) in [7, 11) is 0. The highest BCUT2D eigenvalue weighted by Gasteiger charge is 2.29. The Bertz CT molecular complexity index is 1030. The molecule has 7 heteroatoms. The van der Waals surface area contributed by atoms with Gasteiger partial charge in [0, 0.05) is 34.6 Å². The average molecular weight is 333 g/mol. The minimum absolute atomic E-state index is 0.412. The molecule has 2 atom stereocenters. The van der Waals surface area contributed by atoms with E-state index in [0.717, 1.165) is 41.6 Å². The Morgan fingerprint density at radius 1 is 1.04 bits per heavy atom. The van der Waals surface area contributed by atoms with Gasteiger partial charge in [0.05, 0.1) is 23.6 Å². The van der Waals surface area contributed by atoms with E-state index in [9.17, 15) is 0 Å². The van der Waals surface area contributed by atoms with Gasteiger partial charge in [-0.05, 0) is 37.5 Å². The fourth-order valence-corrected chi connectivity index (χ4v) is 3.92. The molecule has 0 aromatic carbocycles. The lowest BCUT2D eigenvalue weighted by Gasteiger charge is -2.14. The number of rotatable bonds is 3. The van der Waals surface area contributed by atoms with Crippen LogP contribution >= 0.6 is 0 Å². The van der Waals surface area contributed by atoms with Crippen LogP contribution in [0.2, 0.25) is 0 Å². The number of aromatic nitrogens is 5. The van der Waals surface area contributed by atoms with Gasteiger partial charge >= 0.3 is 0 Å². The third-order valence-electron chi connectivity index (χ3n) is 5.11. The van der Waals surface area contributed by atoms with Crippen molar-refractivity contribution in [3.05, 3.63) is 42.5 Å². The molecule has 0 unspecified atom stereocenters. The van der Waals surface area contributed by atoms with Crippen molar-refractivity contribution in [2.75, 3.05) is 11.1 Å². The van der Waals surface area contributed by atoms with Gasteiger partial charge in [0.2, 0.25) is 0 Å². The van der Waals surface area contributed by atoms with Crippen molar-refractivity contribution in [1.82, 2.24) is 25.1 Å². The van der Waals surface area contributed by atoms with Gasteiger partial charge in [-0.25, -0.2) is 15.0 Å². The van der Waals surface area contributed by atoms with Crippen LogP contribution in [0.3, 0.4) is 0 Å². The predicted molar refractivity (Wildman–Crippen MR) is 98.4 cm³/mol. The Labute approximate surface area is 144 Å². The number of nitrogen functional groups attached to an aromatic ring is 1. The molecule has 126 valence electrons. The molecule has 0 radical (unpaired) electrons. The first-order valence-corrected chi connectivity index (χ1v) is 8.55. The summed E-state index contributed by atoms with van der Waals surface area (Å²) in [6.07, 6.45) is 8.67. The molecule has 1 saturated carbocycles. The Kier molecular flexibility index (Phi) is 3.12. The van der Waals surface area contributed by atoms with E-state index in [1.165, 1.54) is 11.1 Å². The summed E-state index contributed by atoms with van der Waals surface area (Å²) in [6.45, 7) is 0. The lowest BCUT2D eigenvalue weighted by molar-refractivity contribution is 0.682. The molecule has 4 aromatic rings. The van der Waals surface area contributed by atoms with Crippen molar-refractivity contribution in [2.24, 2.45) is 0 Å². The molecular weight excluding hydrogens is 314 g/mol. The molecule has 1 fully saturated rings. The summed E-state index contributed by atoms with van der Waals surface area (Å²) < 4.78 is 0. The van der Waals surface area contributed by atoms with E-state index in [4.69, 9.17) is 5.73 Å². The Morgan fingerprint density at radius 3 is 2.88 bits per heavy atom. The number of aromatic amines is 2. The number of hydrogen-bond donors (Lipinski definition) is 4. The Hall–Kier alpha value is -3.09. The van der Waals surface area contributed by atoms with Crippen LogP contribution in [0.4, 0.5) is 11.5 Å². The van der Waals surface area contributed by atoms with Crippen LogP contribution in [-0.4, -0.2) is 31.2 Å². The number of hydrogen-bond acceptors (Lipinski definition) is 5. The van der Waals surface area contributed by atoms with Crippen molar-refractivity contribution < 1.29 is 0 Å². The molecule has 25 heavy (non-hydrogen) atoms. The molecule has 1 aliphatic rings. The molecule has 1 aliphatic carbocycles. The normalized spacial score (nSPS) is 20.5. The maximum absolute atomic E-state index is 5.70. The summed E-state index contributed by atoms with van der Waals surface area (Å²) in [5.74, 6) is 1.36. The Balaban J connectivity index is 1.42. The lowest BCUT2D eigenvalue weighted by atomic mass is 9.99. The van der Waals surface area contributed by atoms with E-state index < -0.39 is 0 Å². The van der Waals surface area contributed by atoms with E-state index in [1.807, 2.05) is 30.6 Å². The van der Waals surface area contributed by atoms with Crippen LogP contribution in [0.25, 0.3) is 21.9 Å². The molecule has 5 N–H and O–H groups in total. The number of nitrogens with two attached hydrogens (primary N) is 1. The molecule has 4 aromatic heterocycles. The molecule has 5 rings (SSSR count). The van der Waals surface area contributed by atoms with E-state index in [2.05, 4.69) is 30.5 Å². The van der Waals surface area contributed by atoms with Gasteiger partial charge in [-0.1, -0.05) is 0 Å². The number of H-pyrrole nitrogens is 2. The third-order valence-corrected chi connectivity index (χ3v) is 5.11. The van der Waals surface area contributed by atoms with Gasteiger partial charge < -0.3 is 16.1 Å². The summed E-state index contributed by atoms with van der Waals surface area (Å²) in [6, 6.07) is 6.26. The topological polar surface area (TPSA) is 108 Å². The van der Waals surface area contributed by atoms with Crippen LogP contribution in [0, 0.1) is 0 Å². The summed E-state index contributed by atoms with van der Waals surface area (Å²) >= 11 is 0. The quantitative estimate of drug-likeness (QED) is 0.460. The highest BCUT2D eigenvalue weighted by Crippen LogP contribution is 2.39. The molecule has 0 amide bonds. The molecule has 0 bridgehead atoms. The summed E-state index contributed by atoms with van der Waals surface area (Å²) in [5, 5.41) is 12.5. The average Bonchev–Trinajstić information content (AvgIpc) is 3.34. The van der Waals surface area contributed by atoms with Crippen molar-refractivity contribution in [1.29, 1.82) is 0 Å². The zero-order valence-electron chi connectivity index (χ0n) is 13.7. The van der Waals surface area contributed by atoms with Crippen molar-refractivity contribution >= 4 is 33.4 Å². The second-order valence-corrected chi connectivity index (χ2v) is 6.72. The van der Waals surface area contributed by atoms with E-state index in [-0.39, 0.29) is 0 Å². The highest BCUT2D eigenvalue weighted by atomic mass is 15.1. The smallest absolute Gasteiger partial charge is 0.159 e. The zero-order chi connectivity index (χ0) is 16.8. The van der Waals surface area contributed by atoms with E-state index in [1.54, 1.807) is 6.20 Å². The van der Waals surface area contributed by atoms with E-state index in [0.29, 0.717) is 17.6 Å². The fraction of sp³-hybridized carbons (Fsp3) is 0.278. The maximum atomic E-state index is 5.70. The van der Waals surface area contributed by atoms with Gasteiger partial charge in [0.15, 0.2) is 5.65 Å². The minimum Gasteiger partial charge on any atom is -0.397 e. The molecule has 0 aliphatic heterocycles. The van der Waals surface area contributed by atoms with Gasteiger partial charge in [-0.15, -0.1) is 0 Å². The first kappa shape index (κ1) is 14.3. The highest BCUT2D eigenvalue weighted by molar-refractivity contribution is 6.04. The van der Waals surface area contributed by atoms with Crippen molar-refractivity contribution in [2.45, 2.75) is 31.2 Å². The Morgan fingerprint density at radius 2 is 2.00 bits per heavy atom. The summed E-state index contributed by atoms with van der Waals surface area (Å²) in [5.41, 5.74) is 9.48. The standard InChI is InChI=1S/C18H19N7/c19-11-2-4-15(21-8-11)23-12-3-1-10(7-12)17-16-13-5-6-20-18(13)22-9-14(16)24-25-17/h2,4-6,8-10,12,24-25H,1,3,7,19H2,(H,21,23)/t10-,12-/m1/s1. The van der Waals surface area contributed by atoms with Crippen molar-refractivity contribution in [3.8, 4) is 0 Å². The number of pyridine rings is 2. The maximum Gasteiger partial charge on any atom is 0.159 e. The molecule has 4 heterocycles. The second-order valence-electron chi connectivity index (χ2n) is 6.72. The monoisotopic (exact) mass is 333 g/mol. The molecular formula is C18H19N7. The zero-order valence-corrected chi connectivity index (χ0v) is 13.7.